The molecule has 2 saturated heterocycles. The lowest BCUT2D eigenvalue weighted by atomic mass is 9.84. The second kappa shape index (κ2) is 6.89. The fourth-order valence-electron chi connectivity index (χ4n) is 4.13. The van der Waals surface area contributed by atoms with E-state index >= 15 is 0 Å². The highest BCUT2D eigenvalue weighted by Gasteiger charge is 2.46. The molecule has 1 aromatic carbocycles. The number of para-hydroxylation sites is 1. The first-order chi connectivity index (χ1) is 12.2. The maximum atomic E-state index is 13.9. The van der Waals surface area contributed by atoms with Crippen LogP contribution in [0.15, 0.2) is 18.2 Å². The van der Waals surface area contributed by atoms with Gasteiger partial charge in [-0.3, -0.25) is 4.79 Å². The summed E-state index contributed by atoms with van der Waals surface area (Å²) in [6, 6.07) is 4.40. The Hall–Kier alpha value is -2.11. The molecule has 6 heteroatoms. The highest BCUT2D eigenvalue weighted by Crippen LogP contribution is 2.41. The zero-order chi connectivity index (χ0) is 19.1. The molecule has 0 aromatic heterocycles. The molecule has 0 aliphatic carbocycles. The van der Waals surface area contributed by atoms with Crippen LogP contribution in [-0.4, -0.2) is 41.6 Å². The van der Waals surface area contributed by atoms with Crippen molar-refractivity contribution in [3.8, 4) is 5.75 Å². The molecule has 26 heavy (non-hydrogen) atoms. The van der Waals surface area contributed by atoms with Crippen molar-refractivity contribution < 1.29 is 23.5 Å². The predicted octanol–water partition coefficient (Wildman–Crippen LogP) is 4.20. The number of hydrogen-bond acceptors (Lipinski definition) is 4. The van der Waals surface area contributed by atoms with Crippen LogP contribution < -0.4 is 4.74 Å². The summed E-state index contributed by atoms with van der Waals surface area (Å²) in [7, 11) is 1.37. The van der Waals surface area contributed by atoms with Crippen molar-refractivity contribution in [3.05, 3.63) is 29.6 Å². The van der Waals surface area contributed by atoms with E-state index in [0.717, 1.165) is 12.8 Å². The van der Waals surface area contributed by atoms with Gasteiger partial charge in [-0.25, -0.2) is 9.18 Å². The number of carbonyl (C=O) groups is 2. The lowest BCUT2D eigenvalue weighted by Crippen LogP contribution is -2.49. The number of halogens is 1. The smallest absolute Gasteiger partial charge is 0.410 e. The lowest BCUT2D eigenvalue weighted by molar-refractivity contribution is 0.00251. The van der Waals surface area contributed by atoms with E-state index in [2.05, 4.69) is 0 Å². The van der Waals surface area contributed by atoms with E-state index in [4.69, 9.17) is 9.47 Å². The minimum absolute atomic E-state index is 0.000538. The normalized spacial score (nSPS) is 25.1. The second-order valence-corrected chi connectivity index (χ2v) is 8.13. The Morgan fingerprint density at radius 1 is 1.15 bits per heavy atom. The summed E-state index contributed by atoms with van der Waals surface area (Å²) < 4.78 is 24.5. The summed E-state index contributed by atoms with van der Waals surface area (Å²) >= 11 is 0. The maximum Gasteiger partial charge on any atom is 0.410 e. The third-order valence-corrected chi connectivity index (χ3v) is 5.14. The molecular formula is C20H26FNO4. The first-order valence-corrected chi connectivity index (χ1v) is 9.09. The van der Waals surface area contributed by atoms with Gasteiger partial charge in [0.15, 0.2) is 17.3 Å². The molecule has 2 atom stereocenters. The number of piperidine rings is 1. The maximum absolute atomic E-state index is 13.9. The lowest BCUT2D eigenvalue weighted by Gasteiger charge is -2.39. The number of nitrogens with zero attached hydrogens (tertiary/aromatic N) is 1. The third-order valence-electron chi connectivity index (χ3n) is 5.14. The highest BCUT2D eigenvalue weighted by molar-refractivity contribution is 6.00. The summed E-state index contributed by atoms with van der Waals surface area (Å²) in [5.74, 6) is -0.879. The van der Waals surface area contributed by atoms with Crippen LogP contribution in [0.2, 0.25) is 0 Å². The van der Waals surface area contributed by atoms with Gasteiger partial charge < -0.3 is 14.4 Å². The highest BCUT2D eigenvalue weighted by atomic mass is 19.1. The number of benzene rings is 1. The number of fused-ring (bicyclic) bond motifs is 2. The van der Waals surface area contributed by atoms with Crippen molar-refractivity contribution in [2.45, 2.75) is 64.1 Å². The Morgan fingerprint density at radius 2 is 1.77 bits per heavy atom. The van der Waals surface area contributed by atoms with Gasteiger partial charge in [0.1, 0.15) is 5.60 Å². The molecule has 1 amide bonds. The van der Waals surface area contributed by atoms with E-state index in [0.29, 0.717) is 12.8 Å². The van der Waals surface area contributed by atoms with Crippen LogP contribution in [0.3, 0.4) is 0 Å². The monoisotopic (exact) mass is 363 g/mol. The molecule has 1 aromatic rings. The summed E-state index contributed by atoms with van der Waals surface area (Å²) in [5, 5.41) is 0. The molecule has 2 heterocycles. The largest absolute Gasteiger partial charge is 0.493 e. The SMILES string of the molecule is COc1c(F)cccc1C(=O)C1CC2CCC(C1)N2C(=O)OC(C)(C)C. The van der Waals surface area contributed by atoms with E-state index in [1.807, 2.05) is 20.8 Å². The summed E-state index contributed by atoms with van der Waals surface area (Å²) in [4.78, 5) is 27.3. The first kappa shape index (κ1) is 18.7. The standard InChI is InChI=1S/C20H26FNO4/c1-20(2,3)26-19(24)22-13-8-9-14(22)11-12(10-13)17(23)15-6-5-7-16(21)18(15)25-4/h5-7,12-14H,8-11H2,1-4H3. The van der Waals surface area contributed by atoms with E-state index in [1.54, 1.807) is 11.0 Å². The molecule has 5 nitrogen and oxygen atoms in total. The average molecular weight is 363 g/mol. The number of amides is 1. The fourth-order valence-corrected chi connectivity index (χ4v) is 4.13. The molecule has 2 fully saturated rings. The molecular weight excluding hydrogens is 337 g/mol. The summed E-state index contributed by atoms with van der Waals surface area (Å²) in [5.41, 5.74) is -0.263. The Bertz CT molecular complexity index is 698. The summed E-state index contributed by atoms with van der Waals surface area (Å²) in [6.45, 7) is 5.54. The van der Waals surface area contributed by atoms with Gasteiger partial charge in [0.2, 0.25) is 0 Å². The Kier molecular flexibility index (Phi) is 4.95. The van der Waals surface area contributed by atoms with Crippen LogP contribution in [0.1, 0.15) is 56.8 Å². The van der Waals surface area contributed by atoms with Crippen molar-refractivity contribution >= 4 is 11.9 Å². The predicted molar refractivity (Wildman–Crippen MR) is 94.9 cm³/mol. The molecule has 142 valence electrons. The van der Waals surface area contributed by atoms with Crippen molar-refractivity contribution in [2.24, 2.45) is 5.92 Å². The Morgan fingerprint density at radius 3 is 2.31 bits per heavy atom. The van der Waals surface area contributed by atoms with E-state index in [9.17, 15) is 14.0 Å². The minimum Gasteiger partial charge on any atom is -0.493 e. The van der Waals surface area contributed by atoms with E-state index in [-0.39, 0.29) is 41.2 Å². The molecule has 3 rings (SSSR count). The van der Waals surface area contributed by atoms with Gasteiger partial charge in [-0.2, -0.15) is 0 Å². The number of hydrogen-bond donors (Lipinski definition) is 0. The van der Waals surface area contributed by atoms with Crippen LogP contribution in [0.4, 0.5) is 9.18 Å². The van der Waals surface area contributed by atoms with E-state index < -0.39 is 11.4 Å². The number of ether oxygens (including phenoxy) is 2. The molecule has 0 radical (unpaired) electrons. The first-order valence-electron chi connectivity index (χ1n) is 9.09. The zero-order valence-corrected chi connectivity index (χ0v) is 15.8. The Labute approximate surface area is 153 Å². The minimum atomic E-state index is -0.544. The van der Waals surface area contributed by atoms with Gasteiger partial charge >= 0.3 is 6.09 Å². The molecule has 2 aliphatic rings. The number of Topliss-reactive ketones (excluding diaryl/α,β-unsaturated/α-hetero) is 1. The van der Waals surface area contributed by atoms with Gasteiger partial charge in [-0.15, -0.1) is 0 Å². The van der Waals surface area contributed by atoms with Crippen molar-refractivity contribution in [1.82, 2.24) is 4.90 Å². The van der Waals surface area contributed by atoms with Crippen molar-refractivity contribution in [1.29, 1.82) is 0 Å². The third kappa shape index (κ3) is 3.55. The quantitative estimate of drug-likeness (QED) is 0.756. The topological polar surface area (TPSA) is 55.8 Å². The van der Waals surface area contributed by atoms with Crippen LogP contribution >= 0.6 is 0 Å². The zero-order valence-electron chi connectivity index (χ0n) is 15.8. The van der Waals surface area contributed by atoms with Gasteiger partial charge in [0, 0.05) is 18.0 Å². The molecule has 0 saturated carbocycles. The molecule has 2 aliphatic heterocycles. The van der Waals surface area contributed by atoms with Crippen LogP contribution in [0.25, 0.3) is 0 Å². The molecule has 0 spiro atoms. The van der Waals surface area contributed by atoms with Crippen molar-refractivity contribution in [3.63, 3.8) is 0 Å². The molecule has 0 N–H and O–H groups in total. The number of carbonyl (C=O) groups excluding carboxylic acids is 2. The fraction of sp³-hybridized carbons (Fsp3) is 0.600. The second-order valence-electron chi connectivity index (χ2n) is 8.13. The number of methoxy groups -OCH3 is 1. The van der Waals surface area contributed by atoms with Gasteiger partial charge in [-0.1, -0.05) is 6.07 Å². The molecule has 2 bridgehead atoms. The van der Waals surface area contributed by atoms with Gasteiger partial charge in [0.25, 0.3) is 0 Å². The average Bonchev–Trinajstić information content (AvgIpc) is 2.82. The number of ketones is 1. The molecule has 2 unspecified atom stereocenters. The van der Waals surface area contributed by atoms with Crippen LogP contribution in [0.5, 0.6) is 5.75 Å². The van der Waals surface area contributed by atoms with Crippen LogP contribution in [-0.2, 0) is 4.74 Å². The van der Waals surface area contributed by atoms with Crippen molar-refractivity contribution in [2.75, 3.05) is 7.11 Å². The van der Waals surface area contributed by atoms with Gasteiger partial charge in [0.05, 0.1) is 12.7 Å². The van der Waals surface area contributed by atoms with Gasteiger partial charge in [-0.05, 0) is 58.6 Å². The summed E-state index contributed by atoms with van der Waals surface area (Å²) in [6.07, 6.45) is 2.59. The Balaban J connectivity index is 1.76. The van der Waals surface area contributed by atoms with Crippen LogP contribution in [0, 0.1) is 11.7 Å². The number of rotatable bonds is 3. The van der Waals surface area contributed by atoms with E-state index in [1.165, 1.54) is 19.2 Å².